The van der Waals surface area contributed by atoms with Crippen LogP contribution in [0.4, 0.5) is 5.69 Å². The largest absolute Gasteiger partial charge is 0.452 e. The average Bonchev–Trinajstić information content (AvgIpc) is 3.19. The molecule has 11 heteroatoms. The Labute approximate surface area is 198 Å². The van der Waals surface area contributed by atoms with Gasteiger partial charge in [0.05, 0.1) is 22.8 Å². The third kappa shape index (κ3) is 5.57. The van der Waals surface area contributed by atoms with Crippen molar-refractivity contribution in [1.82, 2.24) is 10.3 Å². The Morgan fingerprint density at radius 1 is 1.00 bits per heavy atom. The van der Waals surface area contributed by atoms with Crippen LogP contribution in [0.5, 0.6) is 0 Å². The minimum Gasteiger partial charge on any atom is -0.452 e. The molecule has 0 radical (unpaired) electrons. The van der Waals surface area contributed by atoms with Gasteiger partial charge < -0.3 is 9.64 Å². The van der Waals surface area contributed by atoms with Gasteiger partial charge in [0.25, 0.3) is 5.91 Å². The third-order valence-electron chi connectivity index (χ3n) is 6.60. The topological polar surface area (TPSA) is 130 Å². The number of anilines is 1. The van der Waals surface area contributed by atoms with Gasteiger partial charge in [0, 0.05) is 24.9 Å². The summed E-state index contributed by atoms with van der Waals surface area (Å²) in [5.41, 5.74) is 3.09. The average molecular weight is 492 g/mol. The number of rotatable bonds is 6. The number of nitrogens with one attached hydrogen (secondary N) is 1. The molecule has 1 aliphatic carbocycles. The molecule has 3 aliphatic rings. The van der Waals surface area contributed by atoms with Crippen molar-refractivity contribution in [3.8, 4) is 0 Å². The van der Waals surface area contributed by atoms with Crippen molar-refractivity contribution in [3.05, 3.63) is 29.8 Å². The summed E-state index contributed by atoms with van der Waals surface area (Å²) in [7, 11) is -3.16. The van der Waals surface area contributed by atoms with Crippen molar-refractivity contribution >= 4 is 39.2 Å². The van der Waals surface area contributed by atoms with Gasteiger partial charge in [0.2, 0.25) is 11.8 Å². The Balaban J connectivity index is 1.39. The molecule has 1 aromatic carbocycles. The molecule has 2 saturated heterocycles. The van der Waals surface area contributed by atoms with E-state index in [9.17, 15) is 27.6 Å². The van der Waals surface area contributed by atoms with Gasteiger partial charge in [0.1, 0.15) is 0 Å². The lowest BCUT2D eigenvalue weighted by atomic mass is 9.93. The molecule has 1 atom stereocenters. The summed E-state index contributed by atoms with van der Waals surface area (Å²) in [6.45, 7) is -0.464. The van der Waals surface area contributed by atoms with Gasteiger partial charge in [-0.15, -0.1) is 0 Å². The standard InChI is InChI=1S/C23H29N3O7S/c27-20-10-11-21(28)26(24-20)18-8-6-16(7-9-18)23(30)33-14-22(29)25(17-4-2-1-3-5-17)19-12-13-34(31,32)15-19/h6-9,17,19H,1-5,10-15H2,(H,24,27). The number of hydrogen-bond donors (Lipinski definition) is 1. The van der Waals surface area contributed by atoms with Crippen LogP contribution in [0.2, 0.25) is 0 Å². The van der Waals surface area contributed by atoms with Crippen LogP contribution >= 0.6 is 0 Å². The molecule has 34 heavy (non-hydrogen) atoms. The molecule has 184 valence electrons. The third-order valence-corrected chi connectivity index (χ3v) is 8.35. The van der Waals surface area contributed by atoms with E-state index in [1.54, 1.807) is 4.90 Å². The van der Waals surface area contributed by atoms with Crippen LogP contribution in [0.3, 0.4) is 0 Å². The van der Waals surface area contributed by atoms with Crippen molar-refractivity contribution in [2.45, 2.75) is 63.5 Å². The summed E-state index contributed by atoms with van der Waals surface area (Å²) in [6.07, 6.45) is 5.37. The smallest absolute Gasteiger partial charge is 0.338 e. The Hall–Kier alpha value is -2.95. The first kappa shape index (κ1) is 24.2. The van der Waals surface area contributed by atoms with E-state index in [-0.39, 0.29) is 59.7 Å². The molecule has 10 nitrogen and oxygen atoms in total. The van der Waals surface area contributed by atoms with Crippen LogP contribution in [0.25, 0.3) is 0 Å². The molecule has 3 fully saturated rings. The second kappa shape index (κ2) is 10.1. The number of ether oxygens (including phenoxy) is 1. The van der Waals surface area contributed by atoms with E-state index in [0.29, 0.717) is 12.1 Å². The summed E-state index contributed by atoms with van der Waals surface area (Å²) in [5.74, 6) is -1.56. The highest BCUT2D eigenvalue weighted by Gasteiger charge is 2.38. The van der Waals surface area contributed by atoms with E-state index in [1.165, 1.54) is 24.3 Å². The maximum absolute atomic E-state index is 13.1. The zero-order valence-corrected chi connectivity index (χ0v) is 19.7. The molecule has 2 aliphatic heterocycles. The highest BCUT2D eigenvalue weighted by atomic mass is 32.2. The summed E-state index contributed by atoms with van der Waals surface area (Å²) >= 11 is 0. The number of amides is 3. The van der Waals surface area contributed by atoms with Crippen molar-refractivity contribution in [3.63, 3.8) is 0 Å². The number of hydrazine groups is 1. The van der Waals surface area contributed by atoms with Crippen LogP contribution in [0.1, 0.15) is 61.7 Å². The second-order valence-corrected chi connectivity index (χ2v) is 11.3. The fourth-order valence-corrected chi connectivity index (χ4v) is 6.59. The molecule has 3 amide bonds. The molecule has 1 aromatic rings. The van der Waals surface area contributed by atoms with Gasteiger partial charge in [0.15, 0.2) is 16.4 Å². The molecule has 1 saturated carbocycles. The summed E-state index contributed by atoms with van der Waals surface area (Å²) in [4.78, 5) is 50.9. The molecule has 0 bridgehead atoms. The lowest BCUT2D eigenvalue weighted by Gasteiger charge is -2.38. The van der Waals surface area contributed by atoms with Crippen molar-refractivity contribution < 1.29 is 32.3 Å². The van der Waals surface area contributed by atoms with E-state index >= 15 is 0 Å². The monoisotopic (exact) mass is 491 g/mol. The van der Waals surface area contributed by atoms with Crippen LogP contribution in [0.15, 0.2) is 24.3 Å². The van der Waals surface area contributed by atoms with Gasteiger partial charge in [-0.05, 0) is 43.5 Å². The number of nitrogens with zero attached hydrogens (tertiary/aromatic N) is 2. The maximum atomic E-state index is 13.1. The lowest BCUT2D eigenvalue weighted by Crippen LogP contribution is -2.50. The van der Waals surface area contributed by atoms with E-state index < -0.39 is 22.4 Å². The molecular formula is C23H29N3O7S. The van der Waals surface area contributed by atoms with Crippen LogP contribution in [-0.4, -0.2) is 67.2 Å². The predicted molar refractivity (Wildman–Crippen MR) is 122 cm³/mol. The highest BCUT2D eigenvalue weighted by Crippen LogP contribution is 2.28. The molecule has 2 heterocycles. The Kier molecular flexibility index (Phi) is 7.20. The highest BCUT2D eigenvalue weighted by molar-refractivity contribution is 7.91. The van der Waals surface area contributed by atoms with Gasteiger partial charge in [-0.2, -0.15) is 0 Å². The van der Waals surface area contributed by atoms with Crippen molar-refractivity contribution in [2.75, 3.05) is 23.1 Å². The Bertz CT molecular complexity index is 1060. The van der Waals surface area contributed by atoms with Crippen LogP contribution in [-0.2, 0) is 29.0 Å². The first-order chi connectivity index (χ1) is 16.2. The number of carbonyl (C=O) groups is 4. The van der Waals surface area contributed by atoms with Crippen LogP contribution < -0.4 is 10.4 Å². The van der Waals surface area contributed by atoms with Gasteiger partial charge in [-0.25, -0.2) is 18.2 Å². The zero-order chi connectivity index (χ0) is 24.3. The minimum absolute atomic E-state index is 0.0326. The fourth-order valence-electron chi connectivity index (χ4n) is 4.87. The van der Waals surface area contributed by atoms with Crippen molar-refractivity contribution in [2.24, 2.45) is 0 Å². The molecule has 1 unspecified atom stereocenters. The number of sulfone groups is 1. The maximum Gasteiger partial charge on any atom is 0.338 e. The minimum atomic E-state index is -3.16. The molecule has 0 spiro atoms. The van der Waals surface area contributed by atoms with E-state index in [4.69, 9.17) is 4.74 Å². The van der Waals surface area contributed by atoms with Crippen molar-refractivity contribution in [1.29, 1.82) is 0 Å². The molecular weight excluding hydrogens is 462 g/mol. The first-order valence-corrected chi connectivity index (χ1v) is 13.5. The van der Waals surface area contributed by atoms with E-state index in [2.05, 4.69) is 5.43 Å². The number of benzene rings is 1. The number of carbonyl (C=O) groups excluding carboxylic acids is 4. The molecule has 1 N–H and O–H groups in total. The van der Waals surface area contributed by atoms with E-state index in [0.717, 1.165) is 37.1 Å². The van der Waals surface area contributed by atoms with Crippen LogP contribution in [0, 0.1) is 0 Å². The molecule has 4 rings (SSSR count). The number of hydrogen-bond acceptors (Lipinski definition) is 7. The summed E-state index contributed by atoms with van der Waals surface area (Å²) in [5, 5.41) is 1.14. The van der Waals surface area contributed by atoms with Gasteiger partial charge >= 0.3 is 5.97 Å². The van der Waals surface area contributed by atoms with Gasteiger partial charge in [-0.3, -0.25) is 19.8 Å². The first-order valence-electron chi connectivity index (χ1n) is 11.6. The normalized spacial score (nSPS) is 22.8. The zero-order valence-electron chi connectivity index (χ0n) is 18.9. The SMILES string of the molecule is O=C1CCC(=O)N(c2ccc(C(=O)OCC(=O)N(C3CCCCC3)C3CCS(=O)(=O)C3)cc2)N1. The number of esters is 1. The van der Waals surface area contributed by atoms with E-state index in [1.807, 2.05) is 0 Å². The second-order valence-electron chi connectivity index (χ2n) is 9.04. The Morgan fingerprint density at radius 3 is 2.35 bits per heavy atom. The Morgan fingerprint density at radius 2 is 1.71 bits per heavy atom. The quantitative estimate of drug-likeness (QED) is 0.595. The van der Waals surface area contributed by atoms with Gasteiger partial charge in [-0.1, -0.05) is 19.3 Å². The molecule has 0 aromatic heterocycles. The summed E-state index contributed by atoms with van der Waals surface area (Å²) in [6, 6.07) is 5.53. The predicted octanol–water partition coefficient (Wildman–Crippen LogP) is 1.35. The fraction of sp³-hybridized carbons (Fsp3) is 0.565. The summed E-state index contributed by atoms with van der Waals surface area (Å²) < 4.78 is 29.3. The lowest BCUT2D eigenvalue weighted by molar-refractivity contribution is -0.140.